The Bertz CT molecular complexity index is 3790. The number of hydrogen-bond donors (Lipinski definition) is 0. The van der Waals surface area contributed by atoms with Crippen LogP contribution in [-0.4, -0.2) is 28.7 Å². The van der Waals surface area contributed by atoms with Gasteiger partial charge < -0.3 is 9.13 Å². The number of aromatic nitrogens is 6. The Kier molecular flexibility index (Phi) is 7.21. The molecule has 6 heteroatoms. The van der Waals surface area contributed by atoms with Gasteiger partial charge in [0.25, 0.3) is 0 Å². The highest BCUT2D eigenvalue weighted by Crippen LogP contribution is 2.50. The topological polar surface area (TPSA) is 53.5 Å². The Labute approximate surface area is 349 Å². The van der Waals surface area contributed by atoms with Crippen molar-refractivity contribution in [3.8, 4) is 40.1 Å². The van der Waals surface area contributed by atoms with E-state index in [-0.39, 0.29) is 0 Å². The minimum Gasteiger partial charge on any atom is -0.309 e. The summed E-state index contributed by atoms with van der Waals surface area (Å²) in [5, 5.41) is 9.42. The number of benzene rings is 9. The van der Waals surface area contributed by atoms with Gasteiger partial charge in [-0.15, -0.1) is 0 Å². The first kappa shape index (κ1) is 33.6. The standard InChI is InChI=1S/C55H34N6/c1-5-19-35(20-6-1)53-56-54(36-21-7-2-8-22-36)58-55(57-53)61-45-32-18-15-29-41(45)50-51(61)42-33-34-46-47(39-27-13-16-30-43(39)59(46)37-23-9-3-10-24-37)48(42)49-40-28-14-17-31-44(40)60(52(49)50)38-25-11-4-12-26-38/h1-34H. The van der Waals surface area contributed by atoms with E-state index < -0.39 is 0 Å². The van der Waals surface area contributed by atoms with Gasteiger partial charge in [0, 0.05) is 65.6 Å². The molecule has 284 valence electrons. The highest BCUT2D eigenvalue weighted by molar-refractivity contribution is 6.42. The quantitative estimate of drug-likeness (QED) is 0.175. The van der Waals surface area contributed by atoms with Gasteiger partial charge in [-0.1, -0.05) is 158 Å². The summed E-state index contributed by atoms with van der Waals surface area (Å²) in [6, 6.07) is 73.0. The van der Waals surface area contributed by atoms with Crippen LogP contribution in [-0.2, 0) is 0 Å². The average molecular weight is 779 g/mol. The van der Waals surface area contributed by atoms with Crippen molar-refractivity contribution in [1.82, 2.24) is 28.7 Å². The average Bonchev–Trinajstić information content (AvgIpc) is 3.99. The molecule has 0 radical (unpaired) electrons. The SMILES string of the molecule is c1ccc(-c2nc(-c3ccccc3)nc(-n3c4ccccc4c4c3c3ccc5c(c6ccccc6n5-c5ccccc5)c3c3c5ccccc5n(-c5ccccc5)c34)n2)cc1. The molecule has 0 aliphatic carbocycles. The van der Waals surface area contributed by atoms with Crippen LogP contribution in [0.3, 0.4) is 0 Å². The summed E-state index contributed by atoms with van der Waals surface area (Å²) in [7, 11) is 0. The van der Waals surface area contributed by atoms with E-state index in [9.17, 15) is 0 Å². The van der Waals surface area contributed by atoms with E-state index in [1.54, 1.807) is 0 Å². The third-order valence-corrected chi connectivity index (χ3v) is 12.2. The molecule has 4 aromatic heterocycles. The largest absolute Gasteiger partial charge is 0.309 e. The minimum atomic E-state index is 0.564. The molecule has 0 aliphatic rings. The van der Waals surface area contributed by atoms with Crippen LogP contribution in [0.1, 0.15) is 0 Å². The van der Waals surface area contributed by atoms with Gasteiger partial charge in [-0.25, -0.2) is 4.98 Å². The van der Waals surface area contributed by atoms with Crippen molar-refractivity contribution < 1.29 is 0 Å². The van der Waals surface area contributed by atoms with Crippen molar-refractivity contribution in [3.05, 3.63) is 206 Å². The normalized spacial score (nSPS) is 11.9. The Hall–Kier alpha value is -8.35. The van der Waals surface area contributed by atoms with E-state index in [2.05, 4.69) is 184 Å². The smallest absolute Gasteiger partial charge is 0.238 e. The zero-order valence-corrected chi connectivity index (χ0v) is 32.8. The summed E-state index contributed by atoms with van der Waals surface area (Å²) in [6.07, 6.45) is 0. The molecule has 0 N–H and O–H groups in total. The maximum absolute atomic E-state index is 5.37. The van der Waals surface area contributed by atoms with Crippen LogP contribution in [0.2, 0.25) is 0 Å². The Morgan fingerprint density at radius 2 is 0.705 bits per heavy atom. The molecular formula is C55H34N6. The van der Waals surface area contributed by atoms with Crippen molar-refractivity contribution in [2.75, 3.05) is 0 Å². The number of fused-ring (bicyclic) bond motifs is 14. The van der Waals surface area contributed by atoms with Crippen LogP contribution in [0.15, 0.2) is 206 Å². The van der Waals surface area contributed by atoms with Crippen LogP contribution in [0.4, 0.5) is 0 Å². The first-order valence-electron chi connectivity index (χ1n) is 20.6. The molecule has 0 bridgehead atoms. The maximum atomic E-state index is 5.37. The molecule has 9 aromatic carbocycles. The van der Waals surface area contributed by atoms with Crippen LogP contribution in [0.25, 0.3) is 116 Å². The fourth-order valence-electron chi connectivity index (χ4n) is 9.79. The molecule has 6 nitrogen and oxygen atoms in total. The number of rotatable bonds is 5. The summed E-state index contributed by atoms with van der Waals surface area (Å²) >= 11 is 0. The first-order valence-corrected chi connectivity index (χ1v) is 20.6. The molecule has 13 aromatic rings. The lowest BCUT2D eigenvalue weighted by Crippen LogP contribution is -2.06. The van der Waals surface area contributed by atoms with Crippen molar-refractivity contribution >= 4 is 76.2 Å². The zero-order chi connectivity index (χ0) is 40.0. The van der Waals surface area contributed by atoms with Gasteiger partial charge in [0.1, 0.15) is 0 Å². The van der Waals surface area contributed by atoms with Crippen molar-refractivity contribution in [2.45, 2.75) is 0 Å². The highest BCUT2D eigenvalue weighted by Gasteiger charge is 2.28. The Morgan fingerprint density at radius 3 is 1.28 bits per heavy atom. The molecule has 0 unspecified atom stereocenters. The molecule has 0 aliphatic heterocycles. The van der Waals surface area contributed by atoms with Crippen molar-refractivity contribution in [3.63, 3.8) is 0 Å². The lowest BCUT2D eigenvalue weighted by Gasteiger charge is -2.14. The molecule has 4 heterocycles. The lowest BCUT2D eigenvalue weighted by atomic mass is 9.95. The molecule has 0 atom stereocenters. The molecule has 0 fully saturated rings. The fraction of sp³-hybridized carbons (Fsp3) is 0. The second kappa shape index (κ2) is 13.1. The van der Waals surface area contributed by atoms with Crippen LogP contribution >= 0.6 is 0 Å². The molecule has 0 spiro atoms. The third-order valence-electron chi connectivity index (χ3n) is 12.2. The Morgan fingerprint density at radius 1 is 0.262 bits per heavy atom. The molecule has 0 saturated carbocycles. The Balaban J connectivity index is 1.31. The van der Waals surface area contributed by atoms with Crippen molar-refractivity contribution in [1.29, 1.82) is 0 Å². The second-order valence-corrected chi connectivity index (χ2v) is 15.6. The van der Waals surface area contributed by atoms with Gasteiger partial charge in [0.15, 0.2) is 11.6 Å². The first-order chi connectivity index (χ1) is 30.3. The van der Waals surface area contributed by atoms with E-state index in [4.69, 9.17) is 15.0 Å². The summed E-state index contributed by atoms with van der Waals surface area (Å²) in [5.74, 6) is 1.80. The van der Waals surface area contributed by atoms with E-state index in [0.717, 1.165) is 71.8 Å². The number of nitrogens with zero attached hydrogens (tertiary/aromatic N) is 6. The van der Waals surface area contributed by atoms with Gasteiger partial charge in [0.2, 0.25) is 5.95 Å². The van der Waals surface area contributed by atoms with Gasteiger partial charge in [-0.2, -0.15) is 9.97 Å². The van der Waals surface area contributed by atoms with Gasteiger partial charge in [0.05, 0.1) is 33.1 Å². The molecule has 61 heavy (non-hydrogen) atoms. The summed E-state index contributed by atoms with van der Waals surface area (Å²) in [6.45, 7) is 0. The summed E-state index contributed by atoms with van der Waals surface area (Å²) in [5.41, 5.74) is 10.8. The van der Waals surface area contributed by atoms with Gasteiger partial charge in [-0.05, 0) is 48.5 Å². The predicted octanol–water partition coefficient (Wildman–Crippen LogP) is 13.7. The lowest BCUT2D eigenvalue weighted by molar-refractivity contribution is 0.955. The molecule has 0 saturated heterocycles. The van der Waals surface area contributed by atoms with E-state index in [0.29, 0.717) is 17.6 Å². The molecular weight excluding hydrogens is 745 g/mol. The van der Waals surface area contributed by atoms with Crippen LogP contribution in [0.5, 0.6) is 0 Å². The second-order valence-electron chi connectivity index (χ2n) is 15.6. The number of hydrogen-bond acceptors (Lipinski definition) is 3. The highest BCUT2D eigenvalue weighted by atomic mass is 15.2. The van der Waals surface area contributed by atoms with E-state index in [1.165, 1.54) is 26.9 Å². The maximum Gasteiger partial charge on any atom is 0.238 e. The minimum absolute atomic E-state index is 0.564. The van der Waals surface area contributed by atoms with E-state index >= 15 is 0 Å². The van der Waals surface area contributed by atoms with Gasteiger partial charge >= 0.3 is 0 Å². The van der Waals surface area contributed by atoms with Crippen LogP contribution in [0, 0.1) is 0 Å². The molecule has 13 rings (SSSR count). The summed E-state index contributed by atoms with van der Waals surface area (Å²) < 4.78 is 7.18. The molecule has 0 amide bonds. The number of para-hydroxylation sites is 5. The van der Waals surface area contributed by atoms with Crippen LogP contribution < -0.4 is 0 Å². The summed E-state index contributed by atoms with van der Waals surface area (Å²) in [4.78, 5) is 15.8. The third kappa shape index (κ3) is 4.87. The zero-order valence-electron chi connectivity index (χ0n) is 32.8. The van der Waals surface area contributed by atoms with Crippen molar-refractivity contribution in [2.24, 2.45) is 0 Å². The fourth-order valence-corrected chi connectivity index (χ4v) is 9.79. The predicted molar refractivity (Wildman–Crippen MR) is 251 cm³/mol. The monoisotopic (exact) mass is 778 g/mol. The van der Waals surface area contributed by atoms with E-state index in [1.807, 2.05) is 36.4 Å². The van der Waals surface area contributed by atoms with Gasteiger partial charge in [-0.3, -0.25) is 4.57 Å².